The van der Waals surface area contributed by atoms with E-state index in [9.17, 15) is 9.90 Å². The van der Waals surface area contributed by atoms with Crippen LogP contribution in [0.2, 0.25) is 5.02 Å². The molecule has 0 unspecified atom stereocenters. The van der Waals surface area contributed by atoms with E-state index >= 15 is 0 Å². The number of hydrogen-bond acceptors (Lipinski definition) is 3. The van der Waals surface area contributed by atoms with Gasteiger partial charge in [-0.15, -0.1) is 0 Å². The summed E-state index contributed by atoms with van der Waals surface area (Å²) in [6.07, 6.45) is 1.83. The summed E-state index contributed by atoms with van der Waals surface area (Å²) in [5.41, 5.74) is 0.718. The van der Waals surface area contributed by atoms with E-state index in [1.165, 1.54) is 12.8 Å². The molecule has 0 aromatic heterocycles. The van der Waals surface area contributed by atoms with Gasteiger partial charge >= 0.3 is 0 Å². The summed E-state index contributed by atoms with van der Waals surface area (Å²) >= 11 is 6.03. The Kier molecular flexibility index (Phi) is 4.66. The molecule has 1 amide bonds. The summed E-state index contributed by atoms with van der Waals surface area (Å²) in [7, 11) is 0. The summed E-state index contributed by atoms with van der Waals surface area (Å²) in [5.74, 6) is 0.966. The normalized spacial score (nSPS) is 15.9. The molecule has 1 aromatic carbocycles. The number of carbonyl (C=O) groups is 1. The Balaban J connectivity index is 1.82. The number of rotatable bonds is 6. The number of amides is 1. The zero-order valence-corrected chi connectivity index (χ0v) is 11.6. The Morgan fingerprint density at radius 3 is 2.89 bits per heavy atom. The molecule has 0 spiro atoms. The Morgan fingerprint density at radius 1 is 1.58 bits per heavy atom. The van der Waals surface area contributed by atoms with Crippen molar-refractivity contribution in [1.29, 1.82) is 0 Å². The predicted octanol–water partition coefficient (Wildman–Crippen LogP) is 2.30. The van der Waals surface area contributed by atoms with Gasteiger partial charge in [-0.25, -0.2) is 0 Å². The van der Waals surface area contributed by atoms with Gasteiger partial charge in [-0.1, -0.05) is 17.7 Å². The van der Waals surface area contributed by atoms with Gasteiger partial charge in [0.25, 0.3) is 5.91 Å². The highest BCUT2D eigenvalue weighted by molar-refractivity contribution is 6.32. The van der Waals surface area contributed by atoms with E-state index < -0.39 is 6.10 Å². The Morgan fingerprint density at radius 2 is 2.32 bits per heavy atom. The van der Waals surface area contributed by atoms with Crippen LogP contribution in [0.25, 0.3) is 0 Å². The molecule has 1 aliphatic carbocycles. The van der Waals surface area contributed by atoms with Crippen LogP contribution in [-0.4, -0.2) is 24.2 Å². The van der Waals surface area contributed by atoms with Crippen molar-refractivity contribution in [3.8, 4) is 5.75 Å². The second kappa shape index (κ2) is 6.26. The molecule has 104 valence electrons. The molecule has 0 aliphatic heterocycles. The topological polar surface area (TPSA) is 58.6 Å². The highest BCUT2D eigenvalue weighted by atomic mass is 35.5. The van der Waals surface area contributed by atoms with E-state index in [2.05, 4.69) is 5.32 Å². The lowest BCUT2D eigenvalue weighted by atomic mass is 10.1. The van der Waals surface area contributed by atoms with Crippen LogP contribution in [0.15, 0.2) is 18.2 Å². The van der Waals surface area contributed by atoms with Crippen LogP contribution in [0.1, 0.15) is 31.4 Å². The predicted molar refractivity (Wildman–Crippen MR) is 73.3 cm³/mol. The van der Waals surface area contributed by atoms with Crippen molar-refractivity contribution < 1.29 is 14.6 Å². The van der Waals surface area contributed by atoms with Gasteiger partial charge in [-0.05, 0) is 43.4 Å². The molecule has 0 radical (unpaired) electrons. The zero-order valence-electron chi connectivity index (χ0n) is 10.9. The smallest absolute Gasteiger partial charge is 0.257 e. The standard InChI is InChI=1S/C14H18ClNO3/c1-9(17)11-4-5-13(12(15)6-11)19-8-14(18)16-7-10-2-3-10/h4-6,9-10,17H,2-3,7-8H2,1H3,(H,16,18)/t9-/m0/s1. The van der Waals surface area contributed by atoms with Crippen molar-refractivity contribution >= 4 is 17.5 Å². The average molecular weight is 284 g/mol. The fourth-order valence-corrected chi connectivity index (χ4v) is 1.91. The lowest BCUT2D eigenvalue weighted by molar-refractivity contribution is -0.123. The maximum atomic E-state index is 11.5. The van der Waals surface area contributed by atoms with Crippen molar-refractivity contribution in [3.05, 3.63) is 28.8 Å². The molecule has 4 nitrogen and oxygen atoms in total. The number of hydrogen-bond donors (Lipinski definition) is 2. The Bertz CT molecular complexity index is 458. The van der Waals surface area contributed by atoms with Crippen LogP contribution in [0, 0.1) is 5.92 Å². The van der Waals surface area contributed by atoms with Gasteiger partial charge in [-0.3, -0.25) is 4.79 Å². The van der Waals surface area contributed by atoms with E-state index in [1.54, 1.807) is 25.1 Å². The molecular weight excluding hydrogens is 266 g/mol. The summed E-state index contributed by atoms with van der Waals surface area (Å²) in [4.78, 5) is 11.5. The molecule has 5 heteroatoms. The summed E-state index contributed by atoms with van der Waals surface area (Å²) < 4.78 is 5.36. The van der Waals surface area contributed by atoms with Gasteiger partial charge in [0.15, 0.2) is 6.61 Å². The van der Waals surface area contributed by atoms with Gasteiger partial charge in [0.1, 0.15) is 5.75 Å². The van der Waals surface area contributed by atoms with Crippen molar-refractivity contribution in [2.24, 2.45) is 5.92 Å². The fourth-order valence-electron chi connectivity index (χ4n) is 1.67. The van der Waals surface area contributed by atoms with Crippen LogP contribution in [-0.2, 0) is 4.79 Å². The molecule has 2 N–H and O–H groups in total. The minimum Gasteiger partial charge on any atom is -0.482 e. The number of aliphatic hydroxyl groups excluding tert-OH is 1. The molecule has 0 heterocycles. The highest BCUT2D eigenvalue weighted by Crippen LogP contribution is 2.28. The molecule has 1 aromatic rings. The molecule has 1 saturated carbocycles. The number of benzene rings is 1. The van der Waals surface area contributed by atoms with E-state index in [0.29, 0.717) is 16.7 Å². The van der Waals surface area contributed by atoms with E-state index in [-0.39, 0.29) is 12.5 Å². The maximum absolute atomic E-state index is 11.5. The van der Waals surface area contributed by atoms with E-state index in [4.69, 9.17) is 16.3 Å². The largest absolute Gasteiger partial charge is 0.482 e. The minimum absolute atomic E-state index is 0.0412. The van der Waals surface area contributed by atoms with Crippen LogP contribution in [0.3, 0.4) is 0 Å². The summed E-state index contributed by atoms with van der Waals surface area (Å²) in [5, 5.41) is 12.6. The Hall–Kier alpha value is -1.26. The first kappa shape index (κ1) is 14.2. The van der Waals surface area contributed by atoms with Crippen LogP contribution < -0.4 is 10.1 Å². The van der Waals surface area contributed by atoms with Gasteiger partial charge in [0, 0.05) is 6.54 Å². The van der Waals surface area contributed by atoms with Gasteiger partial charge in [0.2, 0.25) is 0 Å². The van der Waals surface area contributed by atoms with E-state index in [0.717, 1.165) is 12.1 Å². The first-order valence-corrected chi connectivity index (χ1v) is 6.81. The molecule has 1 aliphatic rings. The molecule has 1 atom stereocenters. The number of carbonyl (C=O) groups excluding carboxylic acids is 1. The monoisotopic (exact) mass is 283 g/mol. The SMILES string of the molecule is C[C@H](O)c1ccc(OCC(=O)NCC2CC2)c(Cl)c1. The minimum atomic E-state index is -0.576. The van der Waals surface area contributed by atoms with Crippen LogP contribution in [0.5, 0.6) is 5.75 Å². The molecule has 1 fully saturated rings. The number of halogens is 1. The van der Waals surface area contributed by atoms with E-state index in [1.807, 2.05) is 0 Å². The first-order valence-electron chi connectivity index (χ1n) is 6.43. The summed E-state index contributed by atoms with van der Waals surface area (Å²) in [6.45, 7) is 2.36. The fraction of sp³-hybridized carbons (Fsp3) is 0.500. The average Bonchev–Trinajstić information content (AvgIpc) is 3.18. The molecule has 0 saturated heterocycles. The zero-order chi connectivity index (χ0) is 13.8. The third kappa shape index (κ3) is 4.40. The second-order valence-electron chi connectivity index (χ2n) is 4.90. The summed E-state index contributed by atoms with van der Waals surface area (Å²) in [6, 6.07) is 5.04. The van der Waals surface area contributed by atoms with Gasteiger partial charge < -0.3 is 15.2 Å². The lowest BCUT2D eigenvalue weighted by Crippen LogP contribution is -2.30. The van der Waals surface area contributed by atoms with Gasteiger partial charge in [0.05, 0.1) is 11.1 Å². The molecule has 19 heavy (non-hydrogen) atoms. The molecular formula is C14H18ClNO3. The van der Waals surface area contributed by atoms with Gasteiger partial charge in [-0.2, -0.15) is 0 Å². The van der Waals surface area contributed by atoms with Crippen molar-refractivity contribution in [2.45, 2.75) is 25.9 Å². The second-order valence-corrected chi connectivity index (χ2v) is 5.31. The quantitative estimate of drug-likeness (QED) is 0.842. The number of aliphatic hydroxyl groups is 1. The lowest BCUT2D eigenvalue weighted by Gasteiger charge is -2.11. The Labute approximate surface area is 117 Å². The van der Waals surface area contributed by atoms with Crippen molar-refractivity contribution in [1.82, 2.24) is 5.32 Å². The maximum Gasteiger partial charge on any atom is 0.257 e. The third-order valence-electron chi connectivity index (χ3n) is 3.08. The first-order chi connectivity index (χ1) is 9.06. The number of nitrogens with one attached hydrogen (secondary N) is 1. The number of ether oxygens (including phenoxy) is 1. The third-order valence-corrected chi connectivity index (χ3v) is 3.38. The van der Waals surface area contributed by atoms with Crippen LogP contribution in [0.4, 0.5) is 0 Å². The highest BCUT2D eigenvalue weighted by Gasteiger charge is 2.21. The van der Waals surface area contributed by atoms with Crippen LogP contribution >= 0.6 is 11.6 Å². The molecule has 0 bridgehead atoms. The van der Waals surface area contributed by atoms with Crippen molar-refractivity contribution in [3.63, 3.8) is 0 Å². The molecule has 2 rings (SSSR count). The van der Waals surface area contributed by atoms with Crippen molar-refractivity contribution in [2.75, 3.05) is 13.2 Å².